The van der Waals surface area contributed by atoms with E-state index in [1.54, 1.807) is 13.0 Å². The molecule has 0 saturated carbocycles. The number of amides is 2. The van der Waals surface area contributed by atoms with Gasteiger partial charge in [0.15, 0.2) is 0 Å². The third-order valence-electron chi connectivity index (χ3n) is 4.36. The van der Waals surface area contributed by atoms with E-state index in [-0.39, 0.29) is 24.7 Å². The Bertz CT molecular complexity index is 1050. The monoisotopic (exact) mass is 463 g/mol. The molecule has 2 amide bonds. The molecule has 0 saturated heterocycles. The van der Waals surface area contributed by atoms with Gasteiger partial charge in [0.1, 0.15) is 0 Å². The highest BCUT2D eigenvalue weighted by Crippen LogP contribution is 2.21. The van der Waals surface area contributed by atoms with Gasteiger partial charge in [0.05, 0.1) is 18.5 Å². The van der Waals surface area contributed by atoms with Gasteiger partial charge < -0.3 is 5.32 Å². The molecule has 0 fully saturated rings. The predicted molar refractivity (Wildman–Crippen MR) is 124 cm³/mol. The van der Waals surface area contributed by atoms with Gasteiger partial charge in [-0.1, -0.05) is 66.7 Å². The Kier molecular flexibility index (Phi) is 7.51. The molecule has 5 nitrogen and oxygen atoms in total. The average Bonchev–Trinajstić information content (AvgIpc) is 2.75. The van der Waals surface area contributed by atoms with E-state index in [0.29, 0.717) is 11.4 Å². The zero-order valence-electron chi connectivity index (χ0n) is 16.6. The van der Waals surface area contributed by atoms with Crippen LogP contribution in [0.5, 0.6) is 0 Å². The molecule has 0 unspecified atom stereocenters. The summed E-state index contributed by atoms with van der Waals surface area (Å²) in [4.78, 5) is 24.3. The summed E-state index contributed by atoms with van der Waals surface area (Å²) in [6.07, 6.45) is 0.308. The van der Waals surface area contributed by atoms with E-state index in [1.807, 2.05) is 72.8 Å². The molecule has 0 heterocycles. The lowest BCUT2D eigenvalue weighted by molar-refractivity contribution is -0.120. The number of rotatable bonds is 7. The summed E-state index contributed by atoms with van der Waals surface area (Å²) in [5, 5.41) is 6.84. The van der Waals surface area contributed by atoms with Gasteiger partial charge in [-0.25, -0.2) is 5.43 Å². The third-order valence-corrected chi connectivity index (χ3v) is 5.05. The van der Waals surface area contributed by atoms with Gasteiger partial charge in [0, 0.05) is 10.2 Å². The molecule has 0 aliphatic heterocycles. The zero-order chi connectivity index (χ0) is 21.3. The topological polar surface area (TPSA) is 70.6 Å². The maximum Gasteiger partial charge on any atom is 0.244 e. The zero-order valence-corrected chi connectivity index (χ0v) is 18.1. The summed E-state index contributed by atoms with van der Waals surface area (Å²) in [7, 11) is 0. The Morgan fingerprint density at radius 3 is 2.17 bits per heavy atom. The summed E-state index contributed by atoms with van der Waals surface area (Å²) >= 11 is 3.39. The lowest BCUT2D eigenvalue weighted by atomic mass is 10.0. The largest absolute Gasteiger partial charge is 0.325 e. The molecule has 152 valence electrons. The highest BCUT2D eigenvalue weighted by atomic mass is 79.9. The van der Waals surface area contributed by atoms with Crippen molar-refractivity contribution in [3.05, 3.63) is 88.9 Å². The first kappa shape index (κ1) is 21.5. The number of nitrogens with one attached hydrogen (secondary N) is 2. The van der Waals surface area contributed by atoms with Gasteiger partial charge in [-0.2, -0.15) is 5.10 Å². The Balaban J connectivity index is 1.49. The van der Waals surface area contributed by atoms with Crippen LogP contribution in [0.25, 0.3) is 11.1 Å². The van der Waals surface area contributed by atoms with Crippen LogP contribution in [0.2, 0.25) is 0 Å². The van der Waals surface area contributed by atoms with Crippen molar-refractivity contribution < 1.29 is 9.59 Å². The van der Waals surface area contributed by atoms with Crippen molar-refractivity contribution in [3.63, 3.8) is 0 Å². The van der Waals surface area contributed by atoms with E-state index in [9.17, 15) is 9.59 Å². The number of para-hydroxylation sites is 1. The summed E-state index contributed by atoms with van der Waals surface area (Å²) in [6, 6.07) is 25.3. The number of halogens is 1. The number of anilines is 1. The van der Waals surface area contributed by atoms with E-state index in [1.165, 1.54) is 0 Å². The lowest BCUT2D eigenvalue weighted by Crippen LogP contribution is -2.22. The van der Waals surface area contributed by atoms with E-state index in [2.05, 4.69) is 31.8 Å². The first-order valence-corrected chi connectivity index (χ1v) is 10.3. The summed E-state index contributed by atoms with van der Waals surface area (Å²) in [5.41, 5.74) is 6.86. The fourth-order valence-corrected chi connectivity index (χ4v) is 3.24. The van der Waals surface area contributed by atoms with E-state index < -0.39 is 0 Å². The second kappa shape index (κ2) is 10.5. The maximum atomic E-state index is 12.2. The highest BCUT2D eigenvalue weighted by Gasteiger charge is 2.08. The van der Waals surface area contributed by atoms with Crippen molar-refractivity contribution in [2.45, 2.75) is 19.8 Å². The van der Waals surface area contributed by atoms with Crippen LogP contribution >= 0.6 is 15.9 Å². The van der Waals surface area contributed by atoms with Crippen LogP contribution in [0.15, 0.2) is 88.4 Å². The minimum absolute atomic E-state index is 0.0907. The smallest absolute Gasteiger partial charge is 0.244 e. The van der Waals surface area contributed by atoms with E-state index in [4.69, 9.17) is 0 Å². The van der Waals surface area contributed by atoms with Gasteiger partial charge in [0.25, 0.3) is 0 Å². The summed E-state index contributed by atoms with van der Waals surface area (Å²) < 4.78 is 0.805. The predicted octanol–water partition coefficient (Wildman–Crippen LogP) is 5.18. The van der Waals surface area contributed by atoms with Crippen molar-refractivity contribution in [1.82, 2.24) is 5.43 Å². The van der Waals surface area contributed by atoms with E-state index >= 15 is 0 Å². The molecule has 6 heteroatoms. The quantitative estimate of drug-likeness (QED) is 0.374. The number of carbonyl (C=O) groups excluding carboxylic acids is 2. The maximum absolute atomic E-state index is 12.2. The van der Waals surface area contributed by atoms with Crippen molar-refractivity contribution >= 4 is 39.1 Å². The van der Waals surface area contributed by atoms with Crippen LogP contribution in [0.4, 0.5) is 5.69 Å². The minimum Gasteiger partial charge on any atom is -0.325 e. The molecule has 0 aromatic heterocycles. The number of hydrogen-bond donors (Lipinski definition) is 2. The molecule has 0 aliphatic carbocycles. The first-order valence-electron chi connectivity index (χ1n) is 9.52. The van der Waals surface area contributed by atoms with Gasteiger partial charge in [-0.3, -0.25) is 9.59 Å². The molecule has 0 atom stereocenters. The number of hydrogen-bond acceptors (Lipinski definition) is 3. The minimum atomic E-state index is -0.229. The molecule has 30 heavy (non-hydrogen) atoms. The van der Waals surface area contributed by atoms with Crippen LogP contribution < -0.4 is 10.7 Å². The second-order valence-corrected chi connectivity index (χ2v) is 7.68. The fraction of sp³-hybridized carbons (Fsp3) is 0.125. The summed E-state index contributed by atoms with van der Waals surface area (Å²) in [5.74, 6) is -0.429. The standard InChI is InChI=1S/C24H22BrN3O2/c1-17(15-23(29)26-22-10-6-5-9-21(22)25)27-28-24(30)16-18-11-13-20(14-12-18)19-7-3-2-4-8-19/h2-14H,15-16H2,1H3,(H,26,29)(H,28,30)/b27-17+. The molecule has 3 aromatic rings. The van der Waals surface area contributed by atoms with Crippen molar-refractivity contribution in [2.24, 2.45) is 5.10 Å². The number of hydrazone groups is 1. The Labute approximate surface area is 184 Å². The molecular weight excluding hydrogens is 442 g/mol. The van der Waals surface area contributed by atoms with Crippen LogP contribution in [0.3, 0.4) is 0 Å². The van der Waals surface area contributed by atoms with Crippen LogP contribution in [0, 0.1) is 0 Å². The normalized spacial score (nSPS) is 11.1. The lowest BCUT2D eigenvalue weighted by Gasteiger charge is -2.07. The molecule has 3 rings (SSSR count). The van der Waals surface area contributed by atoms with Crippen molar-refractivity contribution in [2.75, 3.05) is 5.32 Å². The van der Waals surface area contributed by atoms with Gasteiger partial charge in [-0.05, 0) is 51.7 Å². The Hall–Kier alpha value is -3.25. The van der Waals surface area contributed by atoms with Gasteiger partial charge in [-0.15, -0.1) is 0 Å². The van der Waals surface area contributed by atoms with Gasteiger partial charge in [0.2, 0.25) is 11.8 Å². The summed E-state index contributed by atoms with van der Waals surface area (Å²) in [6.45, 7) is 1.70. The second-order valence-electron chi connectivity index (χ2n) is 6.83. The van der Waals surface area contributed by atoms with Crippen LogP contribution in [-0.4, -0.2) is 17.5 Å². The molecule has 0 spiro atoms. The Morgan fingerprint density at radius 1 is 0.833 bits per heavy atom. The van der Waals surface area contributed by atoms with Crippen molar-refractivity contribution in [1.29, 1.82) is 0 Å². The highest BCUT2D eigenvalue weighted by molar-refractivity contribution is 9.10. The molecule has 2 N–H and O–H groups in total. The number of carbonyl (C=O) groups is 2. The van der Waals surface area contributed by atoms with Crippen LogP contribution in [0.1, 0.15) is 18.9 Å². The third kappa shape index (κ3) is 6.39. The molecule has 3 aromatic carbocycles. The number of nitrogens with zero attached hydrogens (tertiary/aromatic N) is 1. The Morgan fingerprint density at radius 2 is 1.47 bits per heavy atom. The number of benzene rings is 3. The SMILES string of the molecule is C/C(CC(=O)Nc1ccccc1Br)=N\NC(=O)Cc1ccc(-c2ccccc2)cc1. The van der Waals surface area contributed by atoms with Crippen LogP contribution in [-0.2, 0) is 16.0 Å². The molecular formula is C24H22BrN3O2. The average molecular weight is 464 g/mol. The fourth-order valence-electron chi connectivity index (χ4n) is 2.86. The van der Waals surface area contributed by atoms with E-state index in [0.717, 1.165) is 21.2 Å². The molecule has 0 aliphatic rings. The van der Waals surface area contributed by atoms with Crippen molar-refractivity contribution in [3.8, 4) is 11.1 Å². The molecule has 0 bridgehead atoms. The van der Waals surface area contributed by atoms with Gasteiger partial charge >= 0.3 is 0 Å². The first-order chi connectivity index (χ1) is 14.5. The molecule has 0 radical (unpaired) electrons.